The van der Waals surface area contributed by atoms with Gasteiger partial charge in [-0.15, -0.1) is 11.3 Å². The van der Waals surface area contributed by atoms with Gasteiger partial charge >= 0.3 is 5.97 Å². The van der Waals surface area contributed by atoms with E-state index in [1.807, 2.05) is 27.7 Å². The topological polar surface area (TPSA) is 108 Å². The molecule has 2 amide bonds. The van der Waals surface area contributed by atoms with Crippen molar-refractivity contribution in [1.82, 2.24) is 15.6 Å². The Morgan fingerprint density at radius 3 is 2.38 bits per heavy atom. The first-order valence-electron chi connectivity index (χ1n) is 9.50. The molecule has 0 bridgehead atoms. The maximum atomic E-state index is 12.7. The summed E-state index contributed by atoms with van der Waals surface area (Å²) in [5, 5.41) is 14.3. The van der Waals surface area contributed by atoms with E-state index in [-0.39, 0.29) is 23.8 Å². The van der Waals surface area contributed by atoms with Gasteiger partial charge in [0.2, 0.25) is 11.8 Å². The Bertz CT molecular complexity index is 880. The Morgan fingerprint density at radius 2 is 1.76 bits per heavy atom. The van der Waals surface area contributed by atoms with E-state index < -0.39 is 11.2 Å². The molecule has 29 heavy (non-hydrogen) atoms. The van der Waals surface area contributed by atoms with E-state index in [9.17, 15) is 14.4 Å². The fourth-order valence-corrected chi connectivity index (χ4v) is 4.68. The summed E-state index contributed by atoms with van der Waals surface area (Å²) in [7, 11) is 0. The molecule has 3 N–H and O–H groups in total. The van der Waals surface area contributed by atoms with Gasteiger partial charge in [0.15, 0.2) is 4.34 Å². The minimum absolute atomic E-state index is 0.0532. The number of nitrogens with zero attached hydrogens (tertiary/aromatic N) is 1. The van der Waals surface area contributed by atoms with E-state index in [4.69, 9.17) is 5.11 Å². The highest BCUT2D eigenvalue weighted by Crippen LogP contribution is 2.33. The van der Waals surface area contributed by atoms with Crippen LogP contribution in [0.15, 0.2) is 22.5 Å². The van der Waals surface area contributed by atoms with E-state index in [0.717, 1.165) is 4.70 Å². The van der Waals surface area contributed by atoms with Crippen LogP contribution in [0.4, 0.5) is 0 Å². The van der Waals surface area contributed by atoms with Crippen molar-refractivity contribution in [3.8, 4) is 0 Å². The van der Waals surface area contributed by atoms with Crippen molar-refractivity contribution in [1.29, 1.82) is 0 Å². The van der Waals surface area contributed by atoms with Crippen LogP contribution in [0.2, 0.25) is 0 Å². The zero-order valence-corrected chi connectivity index (χ0v) is 18.7. The number of thioether (sulfide) groups is 1. The van der Waals surface area contributed by atoms with Crippen LogP contribution in [0.5, 0.6) is 0 Å². The Kier molecular flexibility index (Phi) is 8.45. The molecule has 0 saturated carbocycles. The van der Waals surface area contributed by atoms with Crippen LogP contribution in [0.3, 0.4) is 0 Å². The van der Waals surface area contributed by atoms with Gasteiger partial charge in [-0.25, -0.2) is 9.78 Å². The minimum Gasteiger partial charge on any atom is -0.478 e. The molecular formula is C20H27N3O4S2. The molecule has 0 aliphatic rings. The third-order valence-electron chi connectivity index (χ3n) is 3.91. The van der Waals surface area contributed by atoms with Crippen molar-refractivity contribution < 1.29 is 19.5 Å². The van der Waals surface area contributed by atoms with Gasteiger partial charge in [0.05, 0.1) is 21.0 Å². The average molecular weight is 438 g/mol. The summed E-state index contributed by atoms with van der Waals surface area (Å²) in [5.74, 6) is -0.760. The quantitative estimate of drug-likeness (QED) is 0.492. The normalized spacial score (nSPS) is 12.3. The van der Waals surface area contributed by atoms with Crippen molar-refractivity contribution in [3.05, 3.63) is 23.8 Å². The summed E-state index contributed by atoms with van der Waals surface area (Å²) < 4.78 is 1.46. The summed E-state index contributed by atoms with van der Waals surface area (Å²) in [6, 6.07) is 4.76. The average Bonchev–Trinajstić information content (AvgIpc) is 3.05. The number of carboxylic acids is 1. The Morgan fingerprint density at radius 1 is 1.10 bits per heavy atom. The van der Waals surface area contributed by atoms with Crippen molar-refractivity contribution >= 4 is 51.1 Å². The number of aromatic carboxylic acids is 1. The molecule has 0 fully saturated rings. The number of hydrogen-bond donors (Lipinski definition) is 3. The predicted molar refractivity (Wildman–Crippen MR) is 117 cm³/mol. The van der Waals surface area contributed by atoms with Gasteiger partial charge in [0.1, 0.15) is 0 Å². The Balaban J connectivity index is 2.16. The molecule has 1 heterocycles. The number of aromatic nitrogens is 1. The van der Waals surface area contributed by atoms with Gasteiger partial charge in [-0.1, -0.05) is 39.5 Å². The highest BCUT2D eigenvalue weighted by atomic mass is 32.2. The molecule has 0 spiro atoms. The molecule has 0 radical (unpaired) electrons. The number of hydrogen-bond acceptors (Lipinski definition) is 6. The number of fused-ring (bicyclic) bond motifs is 1. The van der Waals surface area contributed by atoms with Crippen LogP contribution >= 0.6 is 23.1 Å². The second-order valence-electron chi connectivity index (χ2n) is 7.61. The fourth-order valence-electron chi connectivity index (χ4n) is 2.38. The van der Waals surface area contributed by atoms with Crippen molar-refractivity contribution in [2.75, 3.05) is 13.1 Å². The number of nitrogens with one attached hydrogen (secondary N) is 2. The number of carbonyl (C=O) groups is 3. The molecule has 1 aromatic carbocycles. The fraction of sp³-hybridized carbons (Fsp3) is 0.500. The van der Waals surface area contributed by atoms with Crippen LogP contribution in [-0.2, 0) is 9.59 Å². The molecule has 0 aliphatic heterocycles. The second kappa shape index (κ2) is 10.6. The van der Waals surface area contributed by atoms with E-state index in [0.29, 0.717) is 34.8 Å². The van der Waals surface area contributed by atoms with Crippen molar-refractivity contribution in [2.24, 2.45) is 11.8 Å². The summed E-state index contributed by atoms with van der Waals surface area (Å²) >= 11 is 2.62. The molecule has 2 aromatic rings. The number of rotatable bonds is 10. The number of amides is 2. The molecule has 1 unspecified atom stereocenters. The maximum Gasteiger partial charge on any atom is 0.335 e. The maximum absolute atomic E-state index is 12.7. The van der Waals surface area contributed by atoms with Crippen LogP contribution in [-0.4, -0.2) is 46.2 Å². The third kappa shape index (κ3) is 7.32. The lowest BCUT2D eigenvalue weighted by Crippen LogP contribution is -2.39. The standard InChI is InChI=1S/C20H27N3O4S2/c1-11(2)9-21-17(24)8-16(18(25)22-10-12(3)4)29-20-23-14-7-13(19(26)27)5-6-15(14)28-20/h5-7,11-12,16H,8-10H2,1-4H3,(H,21,24)(H,22,25)(H,26,27). The summed E-state index contributed by atoms with van der Waals surface area (Å²) in [6.45, 7) is 9.12. The van der Waals surface area contributed by atoms with Crippen molar-refractivity contribution in [2.45, 2.75) is 43.7 Å². The van der Waals surface area contributed by atoms with Gasteiger partial charge in [-0.2, -0.15) is 0 Å². The molecule has 9 heteroatoms. The lowest BCUT2D eigenvalue weighted by atomic mass is 10.2. The monoisotopic (exact) mass is 437 g/mol. The summed E-state index contributed by atoms with van der Waals surface area (Å²) in [5.41, 5.74) is 0.738. The zero-order chi connectivity index (χ0) is 21.6. The molecule has 1 aromatic heterocycles. The van der Waals surface area contributed by atoms with Gasteiger partial charge in [-0.05, 0) is 30.0 Å². The first-order chi connectivity index (χ1) is 13.7. The molecule has 7 nitrogen and oxygen atoms in total. The van der Waals surface area contributed by atoms with Crippen LogP contribution < -0.4 is 10.6 Å². The molecule has 2 rings (SSSR count). The number of carboxylic acid groups (broad SMARTS) is 1. The molecule has 1 atom stereocenters. The number of benzene rings is 1. The molecule has 0 aliphatic carbocycles. The van der Waals surface area contributed by atoms with E-state index in [2.05, 4.69) is 15.6 Å². The van der Waals surface area contributed by atoms with Gasteiger partial charge in [0, 0.05) is 19.5 Å². The lowest BCUT2D eigenvalue weighted by Gasteiger charge is -2.16. The Labute approximate surface area is 178 Å². The second-order valence-corrected chi connectivity index (χ2v) is 10.1. The highest BCUT2D eigenvalue weighted by Gasteiger charge is 2.25. The predicted octanol–water partition coefficient (Wildman–Crippen LogP) is 3.39. The van der Waals surface area contributed by atoms with Crippen LogP contribution in [0.25, 0.3) is 10.2 Å². The molecular weight excluding hydrogens is 410 g/mol. The van der Waals surface area contributed by atoms with Gasteiger partial charge in [-0.3, -0.25) is 9.59 Å². The third-order valence-corrected chi connectivity index (χ3v) is 6.24. The van der Waals surface area contributed by atoms with Crippen LogP contribution in [0, 0.1) is 11.8 Å². The van der Waals surface area contributed by atoms with E-state index in [1.54, 1.807) is 6.07 Å². The van der Waals surface area contributed by atoms with Gasteiger partial charge < -0.3 is 15.7 Å². The lowest BCUT2D eigenvalue weighted by molar-refractivity contribution is -0.126. The molecule has 0 saturated heterocycles. The first kappa shape index (κ1) is 23.2. The van der Waals surface area contributed by atoms with E-state index >= 15 is 0 Å². The van der Waals surface area contributed by atoms with Gasteiger partial charge in [0.25, 0.3) is 0 Å². The smallest absolute Gasteiger partial charge is 0.335 e. The summed E-state index contributed by atoms with van der Waals surface area (Å²) in [4.78, 5) is 40.6. The number of thiazole rings is 1. The zero-order valence-electron chi connectivity index (χ0n) is 17.0. The highest BCUT2D eigenvalue weighted by molar-refractivity contribution is 8.02. The summed E-state index contributed by atoms with van der Waals surface area (Å²) in [6.07, 6.45) is 0.0532. The van der Waals surface area contributed by atoms with E-state index in [1.165, 1.54) is 35.2 Å². The van der Waals surface area contributed by atoms with Crippen LogP contribution in [0.1, 0.15) is 44.5 Å². The SMILES string of the molecule is CC(C)CNC(=O)CC(Sc1nc2cc(C(=O)O)ccc2s1)C(=O)NCC(C)C. The van der Waals surface area contributed by atoms with Crippen molar-refractivity contribution in [3.63, 3.8) is 0 Å². The first-order valence-corrected chi connectivity index (χ1v) is 11.2. The number of carbonyl (C=O) groups excluding carboxylic acids is 2. The minimum atomic E-state index is -1.01. The molecule has 158 valence electrons. The largest absolute Gasteiger partial charge is 0.478 e. The Hall–Kier alpha value is -2.13.